The van der Waals surface area contributed by atoms with Gasteiger partial charge in [-0.2, -0.15) is 0 Å². The lowest BCUT2D eigenvalue weighted by molar-refractivity contribution is -0.124. The molecule has 0 bridgehead atoms. The zero-order valence-electron chi connectivity index (χ0n) is 10.2. The lowest BCUT2D eigenvalue weighted by Crippen LogP contribution is -2.46. The zero-order chi connectivity index (χ0) is 11.3. The van der Waals surface area contributed by atoms with E-state index in [1.165, 1.54) is 19.3 Å². The van der Waals surface area contributed by atoms with Crippen LogP contribution in [-0.2, 0) is 4.79 Å². The van der Waals surface area contributed by atoms with Gasteiger partial charge in [-0.05, 0) is 19.3 Å². The van der Waals surface area contributed by atoms with Gasteiger partial charge in [0.25, 0.3) is 0 Å². The molecule has 1 saturated heterocycles. The fourth-order valence-electron chi connectivity index (χ4n) is 2.25. The number of hydrogen-bond acceptors (Lipinski definition) is 2. The average Bonchev–Trinajstić information content (AvgIpc) is 2.56. The lowest BCUT2D eigenvalue weighted by Gasteiger charge is -2.23. The van der Waals surface area contributed by atoms with Gasteiger partial charge in [0.15, 0.2) is 0 Å². The number of carbonyl (C=O) groups is 1. The monoisotopic (exact) mass is 212 g/mol. The summed E-state index contributed by atoms with van der Waals surface area (Å²) in [6.45, 7) is 6.35. The minimum atomic E-state index is -0.295. The molecule has 0 aliphatic carbocycles. The quantitative estimate of drug-likeness (QED) is 0.663. The number of hydrogen-bond donors (Lipinski definition) is 2. The van der Waals surface area contributed by atoms with E-state index in [-0.39, 0.29) is 17.6 Å². The van der Waals surface area contributed by atoms with Gasteiger partial charge in [0.05, 0.1) is 11.7 Å². The number of amides is 1. The highest BCUT2D eigenvalue weighted by Gasteiger charge is 2.42. The number of unbranched alkanes of at least 4 members (excludes halogenated alkanes) is 2. The minimum Gasteiger partial charge on any atom is -0.339 e. The summed E-state index contributed by atoms with van der Waals surface area (Å²) in [4.78, 5) is 11.8. The third-order valence-electron chi connectivity index (χ3n) is 3.49. The topological polar surface area (TPSA) is 41.1 Å². The largest absolute Gasteiger partial charge is 0.339 e. The lowest BCUT2D eigenvalue weighted by atomic mass is 9.93. The van der Waals surface area contributed by atoms with Crippen LogP contribution in [0.25, 0.3) is 0 Å². The SMILES string of the molecule is CCCCCC1NC(=O)C(CC)(CC)N1. The van der Waals surface area contributed by atoms with Gasteiger partial charge in [-0.3, -0.25) is 10.1 Å². The second-order valence-corrected chi connectivity index (χ2v) is 4.46. The van der Waals surface area contributed by atoms with E-state index in [4.69, 9.17) is 0 Å². The van der Waals surface area contributed by atoms with Gasteiger partial charge in [-0.1, -0.05) is 40.0 Å². The van der Waals surface area contributed by atoms with Crippen molar-refractivity contribution in [3.63, 3.8) is 0 Å². The number of rotatable bonds is 6. The molecule has 15 heavy (non-hydrogen) atoms. The van der Waals surface area contributed by atoms with Crippen LogP contribution in [0.5, 0.6) is 0 Å². The molecule has 1 rings (SSSR count). The summed E-state index contributed by atoms with van der Waals surface area (Å²) >= 11 is 0. The molecule has 1 amide bonds. The average molecular weight is 212 g/mol. The fraction of sp³-hybridized carbons (Fsp3) is 0.917. The Kier molecular flexibility index (Phi) is 4.58. The molecule has 3 heteroatoms. The maximum Gasteiger partial charge on any atom is 0.241 e. The molecule has 88 valence electrons. The Bertz CT molecular complexity index is 212. The van der Waals surface area contributed by atoms with Crippen LogP contribution < -0.4 is 10.6 Å². The maximum absolute atomic E-state index is 11.8. The highest BCUT2D eigenvalue weighted by molar-refractivity contribution is 5.88. The van der Waals surface area contributed by atoms with E-state index >= 15 is 0 Å². The Morgan fingerprint density at radius 2 is 1.87 bits per heavy atom. The third-order valence-corrected chi connectivity index (χ3v) is 3.49. The van der Waals surface area contributed by atoms with Crippen LogP contribution in [0.1, 0.15) is 59.3 Å². The molecule has 1 atom stereocenters. The molecule has 0 saturated carbocycles. The summed E-state index contributed by atoms with van der Waals surface area (Å²) in [7, 11) is 0. The van der Waals surface area contributed by atoms with Crippen LogP contribution in [0, 0.1) is 0 Å². The Balaban J connectivity index is 2.44. The summed E-state index contributed by atoms with van der Waals surface area (Å²) in [5.41, 5.74) is -0.295. The third kappa shape index (κ3) is 2.71. The molecule has 1 heterocycles. The maximum atomic E-state index is 11.8. The summed E-state index contributed by atoms with van der Waals surface area (Å²) in [6, 6.07) is 0. The molecule has 0 aromatic rings. The summed E-state index contributed by atoms with van der Waals surface area (Å²) in [5, 5.41) is 6.51. The zero-order valence-corrected chi connectivity index (χ0v) is 10.2. The Morgan fingerprint density at radius 3 is 2.33 bits per heavy atom. The van der Waals surface area contributed by atoms with Crippen LogP contribution >= 0.6 is 0 Å². The van der Waals surface area contributed by atoms with Gasteiger partial charge in [-0.25, -0.2) is 0 Å². The molecule has 1 fully saturated rings. The molecule has 1 aliphatic rings. The van der Waals surface area contributed by atoms with Gasteiger partial charge in [0, 0.05) is 0 Å². The van der Waals surface area contributed by atoms with Crippen molar-refractivity contribution in [1.82, 2.24) is 10.6 Å². The van der Waals surface area contributed by atoms with Crippen LogP contribution in [0.15, 0.2) is 0 Å². The molecule has 1 aliphatic heterocycles. The van der Waals surface area contributed by atoms with E-state index in [9.17, 15) is 4.79 Å². The van der Waals surface area contributed by atoms with Crippen molar-refractivity contribution in [3.8, 4) is 0 Å². The first kappa shape index (κ1) is 12.5. The van der Waals surface area contributed by atoms with Crippen molar-refractivity contribution in [2.75, 3.05) is 0 Å². The Morgan fingerprint density at radius 1 is 1.20 bits per heavy atom. The van der Waals surface area contributed by atoms with Crippen molar-refractivity contribution in [2.24, 2.45) is 0 Å². The van der Waals surface area contributed by atoms with E-state index in [0.717, 1.165) is 19.3 Å². The molecule has 3 nitrogen and oxygen atoms in total. The second kappa shape index (κ2) is 5.50. The fourth-order valence-corrected chi connectivity index (χ4v) is 2.25. The first-order chi connectivity index (χ1) is 7.18. The summed E-state index contributed by atoms with van der Waals surface area (Å²) in [5.74, 6) is 0.189. The smallest absolute Gasteiger partial charge is 0.241 e. The van der Waals surface area contributed by atoms with Gasteiger partial charge < -0.3 is 5.32 Å². The summed E-state index contributed by atoms with van der Waals surface area (Å²) < 4.78 is 0. The standard InChI is InChI=1S/C12H24N2O/c1-4-7-8-9-10-13-11(15)12(5-2,6-3)14-10/h10,14H,4-9H2,1-3H3,(H,13,15). The van der Waals surface area contributed by atoms with Gasteiger partial charge in [0.2, 0.25) is 5.91 Å². The van der Waals surface area contributed by atoms with Crippen molar-refractivity contribution in [3.05, 3.63) is 0 Å². The van der Waals surface area contributed by atoms with Crippen molar-refractivity contribution < 1.29 is 4.79 Å². The predicted molar refractivity (Wildman–Crippen MR) is 62.5 cm³/mol. The van der Waals surface area contributed by atoms with Gasteiger partial charge >= 0.3 is 0 Å². The van der Waals surface area contributed by atoms with E-state index in [2.05, 4.69) is 31.4 Å². The van der Waals surface area contributed by atoms with Gasteiger partial charge in [0.1, 0.15) is 0 Å². The van der Waals surface area contributed by atoms with E-state index in [0.29, 0.717) is 0 Å². The summed E-state index contributed by atoms with van der Waals surface area (Å²) in [6.07, 6.45) is 6.68. The minimum absolute atomic E-state index is 0.189. The Labute approximate surface area is 93.0 Å². The molecular weight excluding hydrogens is 188 g/mol. The van der Waals surface area contributed by atoms with E-state index in [1.54, 1.807) is 0 Å². The molecule has 0 aromatic carbocycles. The number of nitrogens with one attached hydrogen (secondary N) is 2. The van der Waals surface area contributed by atoms with Crippen LogP contribution in [0.4, 0.5) is 0 Å². The van der Waals surface area contributed by atoms with Crippen LogP contribution in [0.3, 0.4) is 0 Å². The highest BCUT2D eigenvalue weighted by Crippen LogP contribution is 2.22. The van der Waals surface area contributed by atoms with E-state index < -0.39 is 0 Å². The van der Waals surface area contributed by atoms with Gasteiger partial charge in [-0.15, -0.1) is 0 Å². The number of carbonyl (C=O) groups excluding carboxylic acids is 1. The van der Waals surface area contributed by atoms with Crippen molar-refractivity contribution in [2.45, 2.75) is 71.0 Å². The van der Waals surface area contributed by atoms with Crippen molar-refractivity contribution in [1.29, 1.82) is 0 Å². The molecular formula is C12H24N2O. The normalized spacial score (nSPS) is 24.2. The highest BCUT2D eigenvalue weighted by atomic mass is 16.2. The molecule has 2 N–H and O–H groups in total. The predicted octanol–water partition coefficient (Wildman–Crippen LogP) is 2.17. The molecule has 0 spiro atoms. The molecule has 0 aromatic heterocycles. The Hall–Kier alpha value is -0.570. The van der Waals surface area contributed by atoms with Crippen LogP contribution in [0.2, 0.25) is 0 Å². The second-order valence-electron chi connectivity index (χ2n) is 4.46. The van der Waals surface area contributed by atoms with Crippen LogP contribution in [-0.4, -0.2) is 17.6 Å². The molecule has 0 radical (unpaired) electrons. The van der Waals surface area contributed by atoms with Crippen molar-refractivity contribution >= 4 is 5.91 Å². The first-order valence-electron chi connectivity index (χ1n) is 6.27. The first-order valence-corrected chi connectivity index (χ1v) is 6.27. The molecule has 1 unspecified atom stereocenters. The van der Waals surface area contributed by atoms with E-state index in [1.807, 2.05) is 0 Å².